The van der Waals surface area contributed by atoms with Crippen molar-refractivity contribution in [2.75, 3.05) is 11.9 Å². The molecule has 4 heteroatoms. The number of nitrogens with zero attached hydrogens (tertiary/aromatic N) is 1. The van der Waals surface area contributed by atoms with Gasteiger partial charge in [-0.2, -0.15) is 0 Å². The van der Waals surface area contributed by atoms with E-state index in [-0.39, 0.29) is 11.8 Å². The second-order valence-electron chi connectivity index (χ2n) is 3.78. The molecule has 1 aromatic rings. The van der Waals surface area contributed by atoms with E-state index >= 15 is 0 Å². The number of pyridine rings is 1. The van der Waals surface area contributed by atoms with Crippen molar-refractivity contribution < 1.29 is 4.79 Å². The summed E-state index contributed by atoms with van der Waals surface area (Å²) in [5.41, 5.74) is 7.11. The Bertz CT molecular complexity index is 321. The lowest BCUT2D eigenvalue weighted by atomic mass is 10.1. The average molecular weight is 207 g/mol. The molecule has 0 spiro atoms. The highest BCUT2D eigenvalue weighted by molar-refractivity contribution is 5.90. The summed E-state index contributed by atoms with van der Waals surface area (Å²) < 4.78 is 0. The predicted molar refractivity (Wildman–Crippen MR) is 60.4 cm³/mol. The largest absolute Gasteiger partial charge is 0.330 e. The van der Waals surface area contributed by atoms with E-state index in [9.17, 15) is 4.79 Å². The zero-order valence-corrected chi connectivity index (χ0v) is 9.16. The summed E-state index contributed by atoms with van der Waals surface area (Å²) in [4.78, 5) is 15.6. The van der Waals surface area contributed by atoms with Crippen LogP contribution in [0.3, 0.4) is 0 Å². The number of hydrogen-bond donors (Lipinski definition) is 2. The lowest BCUT2D eigenvalue weighted by Gasteiger charge is -2.08. The molecule has 0 saturated heterocycles. The molecule has 15 heavy (non-hydrogen) atoms. The number of hydrogen-bond acceptors (Lipinski definition) is 3. The standard InChI is InChI=1S/C11H17N3O/c1-8(6-12)5-11(15)14-10-4-3-9(2)13-7-10/h3-4,7-8H,5-6,12H2,1-2H3,(H,14,15). The second-order valence-corrected chi connectivity index (χ2v) is 3.78. The molecule has 0 saturated carbocycles. The highest BCUT2D eigenvalue weighted by atomic mass is 16.1. The first-order chi connectivity index (χ1) is 7.11. The molecule has 0 radical (unpaired) electrons. The topological polar surface area (TPSA) is 68.0 Å². The molecule has 0 aromatic carbocycles. The highest BCUT2D eigenvalue weighted by Crippen LogP contribution is 2.07. The van der Waals surface area contributed by atoms with Crippen LogP contribution < -0.4 is 11.1 Å². The number of rotatable bonds is 4. The molecule has 1 rings (SSSR count). The summed E-state index contributed by atoms with van der Waals surface area (Å²) in [6.45, 7) is 4.38. The number of carbonyl (C=O) groups is 1. The van der Waals surface area contributed by atoms with Crippen molar-refractivity contribution in [3.05, 3.63) is 24.0 Å². The fourth-order valence-corrected chi connectivity index (χ4v) is 1.15. The Hall–Kier alpha value is -1.42. The zero-order chi connectivity index (χ0) is 11.3. The van der Waals surface area contributed by atoms with E-state index in [0.717, 1.165) is 11.4 Å². The third-order valence-corrected chi connectivity index (χ3v) is 2.13. The fourth-order valence-electron chi connectivity index (χ4n) is 1.15. The van der Waals surface area contributed by atoms with E-state index < -0.39 is 0 Å². The third kappa shape index (κ3) is 4.08. The maximum absolute atomic E-state index is 11.5. The Labute approximate surface area is 89.9 Å². The number of carbonyl (C=O) groups excluding carboxylic acids is 1. The normalized spacial score (nSPS) is 12.2. The van der Waals surface area contributed by atoms with Gasteiger partial charge < -0.3 is 11.1 Å². The van der Waals surface area contributed by atoms with Crippen molar-refractivity contribution in [1.29, 1.82) is 0 Å². The number of anilines is 1. The second kappa shape index (κ2) is 5.46. The highest BCUT2D eigenvalue weighted by Gasteiger charge is 2.07. The first-order valence-electron chi connectivity index (χ1n) is 5.04. The smallest absolute Gasteiger partial charge is 0.224 e. The minimum Gasteiger partial charge on any atom is -0.330 e. The lowest BCUT2D eigenvalue weighted by Crippen LogP contribution is -2.20. The minimum atomic E-state index is -0.0152. The molecule has 1 unspecified atom stereocenters. The average Bonchev–Trinajstić information content (AvgIpc) is 2.21. The van der Waals surface area contributed by atoms with Crippen molar-refractivity contribution in [1.82, 2.24) is 4.98 Å². The van der Waals surface area contributed by atoms with E-state index in [2.05, 4.69) is 10.3 Å². The van der Waals surface area contributed by atoms with Crippen molar-refractivity contribution in [3.8, 4) is 0 Å². The van der Waals surface area contributed by atoms with Crippen molar-refractivity contribution in [2.45, 2.75) is 20.3 Å². The van der Waals surface area contributed by atoms with Gasteiger partial charge in [-0.05, 0) is 31.5 Å². The van der Waals surface area contributed by atoms with Crippen LogP contribution in [0.5, 0.6) is 0 Å². The van der Waals surface area contributed by atoms with Crippen LogP contribution in [0.4, 0.5) is 5.69 Å². The number of nitrogens with two attached hydrogens (primary N) is 1. The van der Waals surface area contributed by atoms with Gasteiger partial charge in [0.05, 0.1) is 11.9 Å². The van der Waals surface area contributed by atoms with Crippen molar-refractivity contribution in [2.24, 2.45) is 11.7 Å². The van der Waals surface area contributed by atoms with Gasteiger partial charge >= 0.3 is 0 Å². The van der Waals surface area contributed by atoms with E-state index in [0.29, 0.717) is 13.0 Å². The van der Waals surface area contributed by atoms with Crippen LogP contribution in [0.15, 0.2) is 18.3 Å². The number of nitrogens with one attached hydrogen (secondary N) is 1. The summed E-state index contributed by atoms with van der Waals surface area (Å²) in [6.07, 6.45) is 2.10. The molecule has 1 amide bonds. The summed E-state index contributed by atoms with van der Waals surface area (Å²) in [5, 5.41) is 2.78. The molecule has 3 N–H and O–H groups in total. The van der Waals surface area contributed by atoms with Gasteiger partial charge in [-0.1, -0.05) is 6.92 Å². The SMILES string of the molecule is Cc1ccc(NC(=O)CC(C)CN)cn1. The van der Waals surface area contributed by atoms with Gasteiger partial charge in [-0.25, -0.2) is 0 Å². The van der Waals surface area contributed by atoms with Gasteiger partial charge in [0.15, 0.2) is 0 Å². The van der Waals surface area contributed by atoms with Crippen molar-refractivity contribution in [3.63, 3.8) is 0 Å². The number of aromatic nitrogens is 1. The first-order valence-corrected chi connectivity index (χ1v) is 5.04. The van der Waals surface area contributed by atoms with Gasteiger partial charge in [-0.3, -0.25) is 9.78 Å². The summed E-state index contributed by atoms with van der Waals surface area (Å²) in [7, 11) is 0. The Kier molecular flexibility index (Phi) is 4.24. The van der Waals surface area contributed by atoms with E-state index in [1.165, 1.54) is 0 Å². The summed E-state index contributed by atoms with van der Waals surface area (Å²) >= 11 is 0. The molecular formula is C11H17N3O. The Morgan fingerprint density at radius 1 is 1.60 bits per heavy atom. The number of aryl methyl sites for hydroxylation is 1. The first kappa shape index (κ1) is 11.7. The zero-order valence-electron chi connectivity index (χ0n) is 9.16. The quantitative estimate of drug-likeness (QED) is 0.782. The molecule has 0 aliphatic heterocycles. The molecule has 4 nitrogen and oxygen atoms in total. The van der Waals surface area contributed by atoms with Crippen LogP contribution in [0, 0.1) is 12.8 Å². The van der Waals surface area contributed by atoms with Crippen LogP contribution in [0.2, 0.25) is 0 Å². The molecule has 1 atom stereocenters. The molecule has 1 aromatic heterocycles. The predicted octanol–water partition coefficient (Wildman–Crippen LogP) is 1.31. The van der Waals surface area contributed by atoms with E-state index in [4.69, 9.17) is 5.73 Å². The lowest BCUT2D eigenvalue weighted by molar-refractivity contribution is -0.116. The summed E-state index contributed by atoms with van der Waals surface area (Å²) in [5.74, 6) is 0.196. The summed E-state index contributed by atoms with van der Waals surface area (Å²) in [6, 6.07) is 3.70. The van der Waals surface area contributed by atoms with Crippen molar-refractivity contribution >= 4 is 11.6 Å². The van der Waals surface area contributed by atoms with Gasteiger partial charge in [-0.15, -0.1) is 0 Å². The van der Waals surface area contributed by atoms with Crippen LogP contribution in [0.1, 0.15) is 19.0 Å². The molecule has 82 valence electrons. The van der Waals surface area contributed by atoms with Gasteiger partial charge in [0.1, 0.15) is 0 Å². The van der Waals surface area contributed by atoms with Gasteiger partial charge in [0.2, 0.25) is 5.91 Å². The van der Waals surface area contributed by atoms with E-state index in [1.807, 2.05) is 26.0 Å². The van der Waals surface area contributed by atoms with Gasteiger partial charge in [0.25, 0.3) is 0 Å². The number of amides is 1. The minimum absolute atomic E-state index is 0.0152. The molecule has 0 bridgehead atoms. The third-order valence-electron chi connectivity index (χ3n) is 2.13. The van der Waals surface area contributed by atoms with Crippen LogP contribution >= 0.6 is 0 Å². The Balaban J connectivity index is 2.48. The maximum Gasteiger partial charge on any atom is 0.224 e. The van der Waals surface area contributed by atoms with Gasteiger partial charge in [0, 0.05) is 12.1 Å². The maximum atomic E-state index is 11.5. The fraction of sp³-hybridized carbons (Fsp3) is 0.455. The van der Waals surface area contributed by atoms with Crippen LogP contribution in [-0.2, 0) is 4.79 Å². The van der Waals surface area contributed by atoms with Crippen LogP contribution in [0.25, 0.3) is 0 Å². The van der Waals surface area contributed by atoms with E-state index in [1.54, 1.807) is 6.20 Å². The van der Waals surface area contributed by atoms with Crippen LogP contribution in [-0.4, -0.2) is 17.4 Å². The Morgan fingerprint density at radius 2 is 2.33 bits per heavy atom. The molecule has 1 heterocycles. The molecular weight excluding hydrogens is 190 g/mol. The molecule has 0 aliphatic rings. The molecule has 0 aliphatic carbocycles. The Morgan fingerprint density at radius 3 is 2.87 bits per heavy atom. The monoisotopic (exact) mass is 207 g/mol. The molecule has 0 fully saturated rings.